The molecule has 1 aromatic heterocycles. The largest absolute Gasteiger partial charge is 0.493 e. The number of aromatic nitrogens is 2. The van der Waals surface area contributed by atoms with Gasteiger partial charge in [-0.15, -0.1) is 10.2 Å². The average Bonchev–Trinajstić information content (AvgIpc) is 3.18. The van der Waals surface area contributed by atoms with Gasteiger partial charge in [0, 0.05) is 18.8 Å². The molecule has 0 fully saturated rings. The number of hydrogen-bond acceptors (Lipinski definition) is 7. The van der Waals surface area contributed by atoms with Gasteiger partial charge >= 0.3 is 6.18 Å². The van der Waals surface area contributed by atoms with E-state index < -0.39 is 17.3 Å². The molecule has 1 heterocycles. The standard InChI is InChI=1S/C19H26F3N3O3S/c1-3-27-9-5-4-6-10-28-15-8-7-13(11-14(15)19(20,21)22)16-24-25-17(29-16)18(2,23)12-26/h7-8,11,26H,3-6,9-10,12,23H2,1-2H3/t18-/m0/s1. The number of rotatable bonds is 11. The maximum absolute atomic E-state index is 13.5. The molecule has 2 rings (SSSR count). The van der Waals surface area contributed by atoms with Crippen molar-refractivity contribution in [3.05, 3.63) is 28.8 Å². The molecular weight excluding hydrogens is 407 g/mol. The minimum Gasteiger partial charge on any atom is -0.493 e. The van der Waals surface area contributed by atoms with Crippen molar-refractivity contribution in [3.8, 4) is 16.3 Å². The van der Waals surface area contributed by atoms with Gasteiger partial charge in [-0.2, -0.15) is 13.2 Å². The number of hydrogen-bond donors (Lipinski definition) is 2. The number of aliphatic hydroxyl groups is 1. The van der Waals surface area contributed by atoms with E-state index in [9.17, 15) is 18.3 Å². The Labute approximate surface area is 171 Å². The van der Waals surface area contributed by atoms with E-state index in [4.69, 9.17) is 15.2 Å². The van der Waals surface area contributed by atoms with Crippen LogP contribution in [-0.2, 0) is 16.5 Å². The summed E-state index contributed by atoms with van der Waals surface area (Å²) in [6.07, 6.45) is -2.27. The van der Waals surface area contributed by atoms with Gasteiger partial charge in [0.15, 0.2) is 0 Å². The molecule has 0 aliphatic heterocycles. The summed E-state index contributed by atoms with van der Waals surface area (Å²) in [7, 11) is 0. The molecule has 6 nitrogen and oxygen atoms in total. The summed E-state index contributed by atoms with van der Waals surface area (Å²) >= 11 is 1.05. The third kappa shape index (κ3) is 6.63. The summed E-state index contributed by atoms with van der Waals surface area (Å²) < 4.78 is 51.2. The summed E-state index contributed by atoms with van der Waals surface area (Å²) in [6.45, 7) is 4.62. The van der Waals surface area contributed by atoms with Crippen LogP contribution < -0.4 is 10.5 Å². The summed E-state index contributed by atoms with van der Waals surface area (Å²) in [5.41, 5.74) is 4.21. The van der Waals surface area contributed by atoms with Gasteiger partial charge < -0.3 is 20.3 Å². The monoisotopic (exact) mass is 433 g/mol. The van der Waals surface area contributed by atoms with Crippen LogP contribution in [0.5, 0.6) is 5.75 Å². The van der Waals surface area contributed by atoms with Crippen LogP contribution in [0.1, 0.15) is 43.7 Å². The van der Waals surface area contributed by atoms with Crippen molar-refractivity contribution in [3.63, 3.8) is 0 Å². The third-order valence-electron chi connectivity index (χ3n) is 4.17. The molecule has 0 saturated heterocycles. The lowest BCUT2D eigenvalue weighted by Gasteiger charge is -2.17. The number of nitrogens with zero attached hydrogens (tertiary/aromatic N) is 2. The van der Waals surface area contributed by atoms with E-state index in [0.717, 1.165) is 30.2 Å². The van der Waals surface area contributed by atoms with Gasteiger partial charge in [-0.25, -0.2) is 0 Å². The average molecular weight is 433 g/mol. The molecule has 0 radical (unpaired) electrons. The number of alkyl halides is 3. The molecule has 1 aromatic carbocycles. The molecule has 2 aromatic rings. The zero-order valence-electron chi connectivity index (χ0n) is 16.5. The molecule has 3 N–H and O–H groups in total. The van der Waals surface area contributed by atoms with Crippen LogP contribution in [0.4, 0.5) is 13.2 Å². The second-order valence-electron chi connectivity index (χ2n) is 6.80. The highest BCUT2D eigenvalue weighted by atomic mass is 32.1. The fraction of sp³-hybridized carbons (Fsp3) is 0.579. The maximum Gasteiger partial charge on any atom is 0.419 e. The first-order chi connectivity index (χ1) is 13.7. The smallest absolute Gasteiger partial charge is 0.419 e. The first-order valence-electron chi connectivity index (χ1n) is 9.35. The summed E-state index contributed by atoms with van der Waals surface area (Å²) in [5.74, 6) is -0.213. The van der Waals surface area contributed by atoms with Gasteiger partial charge in [-0.3, -0.25) is 0 Å². The van der Waals surface area contributed by atoms with Crippen molar-refractivity contribution in [2.75, 3.05) is 26.4 Å². The first-order valence-corrected chi connectivity index (χ1v) is 10.2. The predicted molar refractivity (Wildman–Crippen MR) is 105 cm³/mol. The van der Waals surface area contributed by atoms with Crippen molar-refractivity contribution in [2.24, 2.45) is 5.73 Å². The fourth-order valence-electron chi connectivity index (χ4n) is 2.46. The zero-order chi connectivity index (χ0) is 21.5. The Hall–Kier alpha value is -1.75. The van der Waals surface area contributed by atoms with E-state index in [0.29, 0.717) is 24.6 Å². The van der Waals surface area contributed by atoms with Crippen LogP contribution in [0.15, 0.2) is 18.2 Å². The Morgan fingerprint density at radius 3 is 2.52 bits per heavy atom. The van der Waals surface area contributed by atoms with E-state index in [1.165, 1.54) is 12.1 Å². The quantitative estimate of drug-likeness (QED) is 0.521. The molecule has 29 heavy (non-hydrogen) atoms. The molecule has 1 atom stereocenters. The van der Waals surface area contributed by atoms with Crippen LogP contribution in [-0.4, -0.2) is 41.7 Å². The van der Waals surface area contributed by atoms with Gasteiger partial charge in [0.05, 0.1) is 24.3 Å². The van der Waals surface area contributed by atoms with Crippen LogP contribution >= 0.6 is 11.3 Å². The lowest BCUT2D eigenvalue weighted by molar-refractivity contribution is -0.138. The van der Waals surface area contributed by atoms with Crippen molar-refractivity contribution in [2.45, 2.75) is 44.8 Å². The molecule has 0 aliphatic carbocycles. The number of benzene rings is 1. The molecule has 0 spiro atoms. The Morgan fingerprint density at radius 2 is 1.86 bits per heavy atom. The van der Waals surface area contributed by atoms with Crippen molar-refractivity contribution in [1.82, 2.24) is 10.2 Å². The second-order valence-corrected chi connectivity index (χ2v) is 7.78. The first kappa shape index (κ1) is 23.5. The summed E-state index contributed by atoms with van der Waals surface area (Å²) in [5, 5.41) is 17.8. The van der Waals surface area contributed by atoms with Crippen LogP contribution in [0.2, 0.25) is 0 Å². The lowest BCUT2D eigenvalue weighted by Crippen LogP contribution is -2.36. The van der Waals surface area contributed by atoms with Gasteiger partial charge in [0.1, 0.15) is 15.8 Å². The van der Waals surface area contributed by atoms with Gasteiger partial charge in [-0.1, -0.05) is 11.3 Å². The van der Waals surface area contributed by atoms with Gasteiger partial charge in [0.25, 0.3) is 0 Å². The Bertz CT molecular complexity index is 782. The number of nitrogens with two attached hydrogens (primary N) is 1. The molecule has 0 aliphatic rings. The molecule has 162 valence electrons. The van der Waals surface area contributed by atoms with E-state index >= 15 is 0 Å². The molecule has 0 saturated carbocycles. The third-order valence-corrected chi connectivity index (χ3v) is 5.42. The second kappa shape index (κ2) is 10.3. The van der Waals surface area contributed by atoms with Crippen molar-refractivity contribution in [1.29, 1.82) is 0 Å². The normalized spacial score (nSPS) is 14.0. The van der Waals surface area contributed by atoms with E-state index in [-0.39, 0.29) is 29.5 Å². The SMILES string of the molecule is CCOCCCCCOc1ccc(-c2nnc([C@@](C)(N)CO)s2)cc1C(F)(F)F. The minimum atomic E-state index is -4.57. The summed E-state index contributed by atoms with van der Waals surface area (Å²) in [6, 6.07) is 3.81. The van der Waals surface area contributed by atoms with Crippen molar-refractivity contribution >= 4 is 11.3 Å². The highest BCUT2D eigenvalue weighted by Crippen LogP contribution is 2.39. The van der Waals surface area contributed by atoms with Gasteiger partial charge in [-0.05, 0) is 51.3 Å². The van der Waals surface area contributed by atoms with Crippen LogP contribution in [0, 0.1) is 0 Å². The lowest BCUT2D eigenvalue weighted by atomic mass is 10.1. The predicted octanol–water partition coefficient (Wildman–Crippen LogP) is 3.98. The Kier molecular flexibility index (Phi) is 8.38. The highest BCUT2D eigenvalue weighted by molar-refractivity contribution is 7.14. The molecule has 0 bridgehead atoms. The number of aliphatic hydroxyl groups excluding tert-OH is 1. The van der Waals surface area contributed by atoms with Crippen LogP contribution in [0.25, 0.3) is 10.6 Å². The maximum atomic E-state index is 13.5. The topological polar surface area (TPSA) is 90.5 Å². The molecule has 0 amide bonds. The summed E-state index contributed by atoms with van der Waals surface area (Å²) in [4.78, 5) is 0. The van der Waals surface area contributed by atoms with Gasteiger partial charge in [0.2, 0.25) is 0 Å². The Morgan fingerprint density at radius 1 is 1.14 bits per heavy atom. The van der Waals surface area contributed by atoms with Crippen molar-refractivity contribution < 1.29 is 27.8 Å². The number of halogens is 3. The zero-order valence-corrected chi connectivity index (χ0v) is 17.3. The van der Waals surface area contributed by atoms with E-state index in [2.05, 4.69) is 10.2 Å². The fourth-order valence-corrected chi connectivity index (χ4v) is 3.35. The molecular formula is C19H26F3N3O3S. The Balaban J connectivity index is 2.12. The highest BCUT2D eigenvalue weighted by Gasteiger charge is 2.35. The number of ether oxygens (including phenoxy) is 2. The minimum absolute atomic E-state index is 0.194. The molecule has 10 heteroatoms. The van der Waals surface area contributed by atoms with E-state index in [1.54, 1.807) is 6.92 Å². The van der Waals surface area contributed by atoms with E-state index in [1.807, 2.05) is 6.92 Å². The number of unbranched alkanes of at least 4 members (excludes halogenated alkanes) is 2. The van der Waals surface area contributed by atoms with Crippen LogP contribution in [0.3, 0.4) is 0 Å². The molecule has 0 unspecified atom stereocenters.